The van der Waals surface area contributed by atoms with Crippen LogP contribution in [0.5, 0.6) is 11.5 Å². The predicted octanol–water partition coefficient (Wildman–Crippen LogP) is 2.74. The van der Waals surface area contributed by atoms with Gasteiger partial charge in [0.25, 0.3) is 0 Å². The van der Waals surface area contributed by atoms with Gasteiger partial charge in [0.2, 0.25) is 10.0 Å². The number of para-hydroxylation sites is 1. The van der Waals surface area contributed by atoms with Gasteiger partial charge in [-0.3, -0.25) is 0 Å². The van der Waals surface area contributed by atoms with Crippen molar-refractivity contribution in [1.82, 2.24) is 4.31 Å². The molecule has 0 amide bonds. The molecule has 0 atom stereocenters. The number of sulfonamides is 1. The second-order valence-electron chi connectivity index (χ2n) is 5.96. The highest BCUT2D eigenvalue weighted by Crippen LogP contribution is 2.31. The van der Waals surface area contributed by atoms with Crippen LogP contribution in [0.25, 0.3) is 0 Å². The summed E-state index contributed by atoms with van der Waals surface area (Å²) < 4.78 is 70.0. The molecule has 0 spiro atoms. The standard InChI is InChI=1S/C18H21FN2O5S2.ClH/c1-21(2)28(24,25)16-7-5-6-15(12-16)26-17-8-3-4-9-18(17)27(22,23)13-14(19)10-11-20;/h3-10,12H,11,13,20H2,1-2H3;1H. The van der Waals surface area contributed by atoms with Crippen LogP contribution in [0.4, 0.5) is 4.39 Å². The zero-order valence-corrected chi connectivity index (χ0v) is 18.2. The van der Waals surface area contributed by atoms with E-state index >= 15 is 0 Å². The average Bonchev–Trinajstić information content (AvgIpc) is 2.62. The van der Waals surface area contributed by atoms with Crippen LogP contribution in [-0.4, -0.2) is 47.5 Å². The van der Waals surface area contributed by atoms with Gasteiger partial charge in [-0.1, -0.05) is 18.2 Å². The van der Waals surface area contributed by atoms with Gasteiger partial charge in [0, 0.05) is 26.7 Å². The molecule has 160 valence electrons. The molecule has 0 aliphatic heterocycles. The third-order valence-electron chi connectivity index (χ3n) is 3.66. The van der Waals surface area contributed by atoms with Crippen molar-refractivity contribution < 1.29 is 26.0 Å². The number of rotatable bonds is 8. The Balaban J connectivity index is 0.00000420. The normalized spacial score (nSPS) is 12.5. The third-order valence-corrected chi connectivity index (χ3v) is 7.14. The molecule has 0 aliphatic carbocycles. The molecule has 2 N–H and O–H groups in total. The van der Waals surface area contributed by atoms with Gasteiger partial charge in [0.1, 0.15) is 28.0 Å². The van der Waals surface area contributed by atoms with Crippen LogP contribution in [0.1, 0.15) is 0 Å². The zero-order valence-electron chi connectivity index (χ0n) is 15.8. The van der Waals surface area contributed by atoms with Crippen LogP contribution >= 0.6 is 12.4 Å². The number of ether oxygens (including phenoxy) is 1. The molecule has 0 unspecified atom stereocenters. The lowest BCUT2D eigenvalue weighted by Gasteiger charge is -2.14. The fourth-order valence-corrected chi connectivity index (χ4v) is 4.55. The van der Waals surface area contributed by atoms with Gasteiger partial charge in [-0.2, -0.15) is 0 Å². The number of hydrogen-bond donors (Lipinski definition) is 1. The highest BCUT2D eigenvalue weighted by Gasteiger charge is 2.23. The van der Waals surface area contributed by atoms with Gasteiger partial charge in [-0.25, -0.2) is 25.5 Å². The first kappa shape index (κ1) is 25.1. The van der Waals surface area contributed by atoms with E-state index in [9.17, 15) is 21.2 Å². The van der Waals surface area contributed by atoms with Gasteiger partial charge >= 0.3 is 0 Å². The number of nitrogens with zero attached hydrogens (tertiary/aromatic N) is 1. The Morgan fingerprint density at radius 2 is 1.76 bits per heavy atom. The molecule has 0 aliphatic rings. The Hall–Kier alpha value is -1.98. The lowest BCUT2D eigenvalue weighted by molar-refractivity contribution is 0.464. The Morgan fingerprint density at radius 1 is 1.10 bits per heavy atom. The predicted molar refractivity (Wildman–Crippen MR) is 111 cm³/mol. The molecule has 2 aromatic rings. The molecule has 11 heteroatoms. The summed E-state index contributed by atoms with van der Waals surface area (Å²) in [4.78, 5) is -0.219. The van der Waals surface area contributed by atoms with Crippen LogP contribution in [0.2, 0.25) is 0 Å². The van der Waals surface area contributed by atoms with Crippen LogP contribution in [0.3, 0.4) is 0 Å². The van der Waals surface area contributed by atoms with Gasteiger partial charge in [0.05, 0.1) is 4.90 Å². The summed E-state index contributed by atoms with van der Waals surface area (Å²) in [6.45, 7) is -0.118. The van der Waals surface area contributed by atoms with Crippen molar-refractivity contribution >= 4 is 32.3 Å². The molecule has 29 heavy (non-hydrogen) atoms. The van der Waals surface area contributed by atoms with Gasteiger partial charge < -0.3 is 10.5 Å². The summed E-state index contributed by atoms with van der Waals surface area (Å²) in [5.41, 5.74) is 5.20. The average molecular weight is 465 g/mol. The highest BCUT2D eigenvalue weighted by molar-refractivity contribution is 7.91. The van der Waals surface area contributed by atoms with Gasteiger partial charge in [0.15, 0.2) is 9.84 Å². The van der Waals surface area contributed by atoms with Crippen molar-refractivity contribution in [3.8, 4) is 11.5 Å². The summed E-state index contributed by atoms with van der Waals surface area (Å²) in [6, 6.07) is 11.4. The quantitative estimate of drug-likeness (QED) is 0.643. The van der Waals surface area contributed by atoms with Crippen LogP contribution in [0.15, 0.2) is 70.2 Å². The van der Waals surface area contributed by atoms with Crippen molar-refractivity contribution in [3.63, 3.8) is 0 Å². The molecule has 2 rings (SSSR count). The van der Waals surface area contributed by atoms with Crippen LogP contribution in [-0.2, 0) is 19.9 Å². The number of sulfone groups is 1. The lowest BCUT2D eigenvalue weighted by Crippen LogP contribution is -2.22. The number of hydrogen-bond acceptors (Lipinski definition) is 6. The molecular formula is C18H22ClFN2O5S2. The summed E-state index contributed by atoms with van der Waals surface area (Å²) in [7, 11) is -4.93. The Bertz CT molecular complexity index is 1090. The van der Waals surface area contributed by atoms with E-state index in [4.69, 9.17) is 10.5 Å². The van der Waals surface area contributed by atoms with E-state index in [2.05, 4.69) is 0 Å². The summed E-state index contributed by atoms with van der Waals surface area (Å²) in [5.74, 6) is -1.62. The topological polar surface area (TPSA) is 107 Å². The molecule has 2 aromatic carbocycles. The van der Waals surface area contributed by atoms with Crippen LogP contribution in [0, 0.1) is 0 Å². The Kier molecular flexibility index (Phi) is 8.79. The second-order valence-corrected chi connectivity index (χ2v) is 10.1. The van der Waals surface area contributed by atoms with E-state index in [1.165, 1.54) is 56.6 Å². The monoisotopic (exact) mass is 464 g/mol. The minimum absolute atomic E-state index is 0. The Labute approximate surface area is 176 Å². The fourth-order valence-electron chi connectivity index (χ4n) is 2.27. The fraction of sp³-hybridized carbons (Fsp3) is 0.222. The van der Waals surface area contributed by atoms with E-state index < -0.39 is 31.4 Å². The van der Waals surface area contributed by atoms with E-state index in [0.717, 1.165) is 10.4 Å². The van der Waals surface area contributed by atoms with Crippen molar-refractivity contribution in [2.75, 3.05) is 26.4 Å². The third kappa shape index (κ3) is 6.25. The molecule has 0 saturated heterocycles. The molecule has 0 fully saturated rings. The molecule has 0 radical (unpaired) electrons. The summed E-state index contributed by atoms with van der Waals surface area (Å²) >= 11 is 0. The molecule has 0 saturated carbocycles. The lowest BCUT2D eigenvalue weighted by atomic mass is 10.3. The first-order valence-electron chi connectivity index (χ1n) is 8.15. The maximum absolute atomic E-state index is 13.7. The van der Waals surface area contributed by atoms with E-state index in [1.54, 1.807) is 6.07 Å². The largest absolute Gasteiger partial charge is 0.456 e. The second kappa shape index (κ2) is 10.2. The van der Waals surface area contributed by atoms with Crippen LogP contribution < -0.4 is 10.5 Å². The van der Waals surface area contributed by atoms with E-state index in [0.29, 0.717) is 0 Å². The highest BCUT2D eigenvalue weighted by atomic mass is 35.5. The Morgan fingerprint density at radius 3 is 2.38 bits per heavy atom. The maximum atomic E-state index is 13.7. The van der Waals surface area contributed by atoms with Gasteiger partial charge in [-0.05, 0) is 30.3 Å². The summed E-state index contributed by atoms with van der Waals surface area (Å²) in [5, 5.41) is 0. The number of halogens is 2. The summed E-state index contributed by atoms with van der Waals surface area (Å²) in [6.07, 6.45) is 0.983. The first-order valence-corrected chi connectivity index (χ1v) is 11.2. The maximum Gasteiger partial charge on any atom is 0.242 e. The van der Waals surface area contributed by atoms with Gasteiger partial charge in [-0.15, -0.1) is 12.4 Å². The van der Waals surface area contributed by atoms with Crippen molar-refractivity contribution in [3.05, 3.63) is 60.4 Å². The minimum Gasteiger partial charge on any atom is -0.456 e. The van der Waals surface area contributed by atoms with Crippen molar-refractivity contribution in [1.29, 1.82) is 0 Å². The van der Waals surface area contributed by atoms with E-state index in [-0.39, 0.29) is 40.2 Å². The minimum atomic E-state index is -4.03. The smallest absolute Gasteiger partial charge is 0.242 e. The molecule has 0 heterocycles. The first-order chi connectivity index (χ1) is 13.1. The molecule has 7 nitrogen and oxygen atoms in total. The number of benzene rings is 2. The zero-order chi connectivity index (χ0) is 20.9. The van der Waals surface area contributed by atoms with E-state index in [1.807, 2.05) is 0 Å². The SMILES string of the molecule is CN(C)S(=O)(=O)c1cccc(Oc2ccccc2S(=O)(=O)CC(F)=CCN)c1.Cl. The number of nitrogens with two attached hydrogens (primary N) is 1. The van der Waals surface area contributed by atoms with Crippen molar-refractivity contribution in [2.45, 2.75) is 9.79 Å². The molecule has 0 bridgehead atoms. The molecular weight excluding hydrogens is 443 g/mol. The van der Waals surface area contributed by atoms with Crippen molar-refractivity contribution in [2.24, 2.45) is 5.73 Å². The molecule has 0 aromatic heterocycles.